The van der Waals surface area contributed by atoms with Crippen molar-refractivity contribution in [3.8, 4) is 11.5 Å². The summed E-state index contributed by atoms with van der Waals surface area (Å²) in [6.45, 7) is 3.95. The molecule has 7 heteroatoms. The van der Waals surface area contributed by atoms with Crippen molar-refractivity contribution < 1.29 is 33.7 Å². The Morgan fingerprint density at radius 2 is 1.59 bits per heavy atom. The number of aliphatic carboxylic acids is 1. The zero-order valence-electron chi connectivity index (χ0n) is 15.1. The van der Waals surface area contributed by atoms with Gasteiger partial charge in [0.2, 0.25) is 0 Å². The van der Waals surface area contributed by atoms with Gasteiger partial charge in [0.15, 0.2) is 0 Å². The molecule has 0 aromatic heterocycles. The fourth-order valence-electron chi connectivity index (χ4n) is 2.86. The summed E-state index contributed by atoms with van der Waals surface area (Å²) in [7, 11) is 0. The average Bonchev–Trinajstić information content (AvgIpc) is 2.68. The Kier molecular flexibility index (Phi) is 7.85. The monoisotopic (exact) mass is 376 g/mol. The minimum atomic E-state index is -0.795. The second-order valence-electron chi connectivity index (χ2n) is 6.35. The van der Waals surface area contributed by atoms with Crippen molar-refractivity contribution >= 4 is 17.9 Å². The molecule has 1 aliphatic rings. The summed E-state index contributed by atoms with van der Waals surface area (Å²) in [5.41, 5.74) is 0. The first kappa shape index (κ1) is 20.5. The molecule has 0 atom stereocenters. The van der Waals surface area contributed by atoms with E-state index in [4.69, 9.17) is 19.3 Å². The van der Waals surface area contributed by atoms with E-state index in [1.165, 1.54) is 0 Å². The Morgan fingerprint density at radius 1 is 1.00 bits per heavy atom. The molecule has 27 heavy (non-hydrogen) atoms. The summed E-state index contributed by atoms with van der Waals surface area (Å²) in [6.07, 6.45) is 3.74. The van der Waals surface area contributed by atoms with Crippen LogP contribution in [0, 0.1) is 11.8 Å². The largest absolute Gasteiger partial charge is 0.493 e. The van der Waals surface area contributed by atoms with E-state index < -0.39 is 11.9 Å². The van der Waals surface area contributed by atoms with E-state index in [9.17, 15) is 14.4 Å². The topological polar surface area (TPSA) is 99.1 Å². The van der Waals surface area contributed by atoms with Gasteiger partial charge in [-0.15, -0.1) is 0 Å². The van der Waals surface area contributed by atoms with E-state index in [1.54, 1.807) is 24.3 Å². The molecule has 0 spiro atoms. The summed E-state index contributed by atoms with van der Waals surface area (Å²) in [4.78, 5) is 34.0. The molecular weight excluding hydrogens is 352 g/mol. The number of esters is 2. The second kappa shape index (κ2) is 10.4. The van der Waals surface area contributed by atoms with E-state index in [0.717, 1.165) is 6.08 Å². The van der Waals surface area contributed by atoms with Crippen molar-refractivity contribution in [1.82, 2.24) is 0 Å². The van der Waals surface area contributed by atoms with Crippen LogP contribution in [0.4, 0.5) is 0 Å². The molecule has 0 heterocycles. The van der Waals surface area contributed by atoms with Crippen molar-refractivity contribution in [3.05, 3.63) is 36.9 Å². The van der Waals surface area contributed by atoms with Gasteiger partial charge in [0.25, 0.3) is 0 Å². The third kappa shape index (κ3) is 6.77. The number of carbonyl (C=O) groups is 3. The molecule has 0 radical (unpaired) electrons. The maximum Gasteiger partial charge on any atom is 0.330 e. The number of carboxylic acid groups (broad SMARTS) is 1. The number of hydrogen-bond donors (Lipinski definition) is 1. The van der Waals surface area contributed by atoms with Gasteiger partial charge < -0.3 is 19.3 Å². The quantitative estimate of drug-likeness (QED) is 0.306. The number of rotatable bonds is 9. The summed E-state index contributed by atoms with van der Waals surface area (Å²) < 4.78 is 15.7. The molecule has 0 saturated heterocycles. The Balaban J connectivity index is 1.70. The number of carboxylic acids is 1. The fraction of sp³-hybridized carbons (Fsp3) is 0.450. The van der Waals surface area contributed by atoms with Gasteiger partial charge in [-0.1, -0.05) is 6.58 Å². The third-order valence-electron chi connectivity index (χ3n) is 4.42. The number of benzene rings is 1. The molecule has 7 nitrogen and oxygen atoms in total. The van der Waals surface area contributed by atoms with Crippen LogP contribution in [0.1, 0.15) is 32.1 Å². The minimum Gasteiger partial charge on any atom is -0.493 e. The van der Waals surface area contributed by atoms with Crippen LogP contribution < -0.4 is 9.47 Å². The van der Waals surface area contributed by atoms with Gasteiger partial charge in [-0.05, 0) is 49.9 Å². The lowest BCUT2D eigenvalue weighted by Gasteiger charge is -2.24. The third-order valence-corrected chi connectivity index (χ3v) is 4.42. The molecule has 1 aromatic rings. The first-order valence-corrected chi connectivity index (χ1v) is 8.96. The Labute approximate surface area is 157 Å². The predicted octanol–water partition coefficient (Wildman–Crippen LogP) is 2.98. The molecule has 1 aliphatic carbocycles. The maximum atomic E-state index is 12.2. The molecule has 1 N–H and O–H groups in total. The normalized spacial score (nSPS) is 19.0. The first-order chi connectivity index (χ1) is 13.0. The Bertz CT molecular complexity index is 657. The van der Waals surface area contributed by atoms with Crippen molar-refractivity contribution in [1.29, 1.82) is 0 Å². The molecular formula is C20H24O7. The van der Waals surface area contributed by atoms with Gasteiger partial charge in [0.1, 0.15) is 11.5 Å². The van der Waals surface area contributed by atoms with E-state index in [-0.39, 0.29) is 24.4 Å². The van der Waals surface area contributed by atoms with E-state index >= 15 is 0 Å². The summed E-state index contributed by atoms with van der Waals surface area (Å²) >= 11 is 0. The molecule has 1 aromatic carbocycles. The molecule has 1 fully saturated rings. The van der Waals surface area contributed by atoms with Gasteiger partial charge in [-0.2, -0.15) is 0 Å². The lowest BCUT2D eigenvalue weighted by atomic mass is 9.82. The highest BCUT2D eigenvalue weighted by Crippen LogP contribution is 2.30. The maximum absolute atomic E-state index is 12.2. The number of carbonyl (C=O) groups excluding carboxylic acids is 2. The minimum absolute atomic E-state index is 0.255. The van der Waals surface area contributed by atoms with Crippen LogP contribution in [-0.4, -0.2) is 36.2 Å². The highest BCUT2D eigenvalue weighted by molar-refractivity contribution is 5.81. The highest BCUT2D eigenvalue weighted by Gasteiger charge is 2.30. The standard InChI is InChI=1S/C20H24O7/c1-2-18(21)26-13-3-12-25-16-8-10-17(11-9-16)27-20(24)15-6-4-14(5-7-15)19(22)23/h2,8-11,14-15H,1,3-7,12-13H2,(H,22,23). The van der Waals surface area contributed by atoms with Crippen LogP contribution in [0.2, 0.25) is 0 Å². The summed E-state index contributed by atoms with van der Waals surface area (Å²) in [5.74, 6) is -1.15. The zero-order valence-corrected chi connectivity index (χ0v) is 15.1. The van der Waals surface area contributed by atoms with E-state index in [0.29, 0.717) is 50.2 Å². The Morgan fingerprint density at radius 3 is 2.19 bits per heavy atom. The van der Waals surface area contributed by atoms with Crippen LogP contribution in [-0.2, 0) is 19.1 Å². The SMILES string of the molecule is C=CC(=O)OCCCOc1ccc(OC(=O)C2CCC(C(=O)O)CC2)cc1. The zero-order chi connectivity index (χ0) is 19.6. The van der Waals surface area contributed by atoms with Crippen molar-refractivity contribution in [2.24, 2.45) is 11.8 Å². The van der Waals surface area contributed by atoms with Gasteiger partial charge in [0, 0.05) is 12.5 Å². The van der Waals surface area contributed by atoms with Crippen LogP contribution in [0.25, 0.3) is 0 Å². The van der Waals surface area contributed by atoms with Crippen molar-refractivity contribution in [3.63, 3.8) is 0 Å². The van der Waals surface area contributed by atoms with Crippen LogP contribution in [0.15, 0.2) is 36.9 Å². The van der Waals surface area contributed by atoms with Crippen LogP contribution in [0.5, 0.6) is 11.5 Å². The predicted molar refractivity (Wildman–Crippen MR) is 96.4 cm³/mol. The summed E-state index contributed by atoms with van der Waals surface area (Å²) in [5, 5.41) is 9.00. The molecule has 0 aliphatic heterocycles. The number of ether oxygens (including phenoxy) is 3. The molecule has 2 rings (SSSR count). The van der Waals surface area contributed by atoms with Crippen LogP contribution >= 0.6 is 0 Å². The summed E-state index contributed by atoms with van der Waals surface area (Å²) in [6, 6.07) is 6.68. The van der Waals surface area contributed by atoms with Gasteiger partial charge in [0.05, 0.1) is 25.0 Å². The smallest absolute Gasteiger partial charge is 0.330 e. The van der Waals surface area contributed by atoms with Gasteiger partial charge in [-0.3, -0.25) is 9.59 Å². The van der Waals surface area contributed by atoms with Crippen LogP contribution in [0.3, 0.4) is 0 Å². The number of hydrogen-bond acceptors (Lipinski definition) is 6. The highest BCUT2D eigenvalue weighted by atomic mass is 16.5. The van der Waals surface area contributed by atoms with Gasteiger partial charge >= 0.3 is 17.9 Å². The van der Waals surface area contributed by atoms with Crippen molar-refractivity contribution in [2.45, 2.75) is 32.1 Å². The van der Waals surface area contributed by atoms with Crippen molar-refractivity contribution in [2.75, 3.05) is 13.2 Å². The lowest BCUT2D eigenvalue weighted by molar-refractivity contribution is -0.146. The van der Waals surface area contributed by atoms with E-state index in [2.05, 4.69) is 6.58 Å². The lowest BCUT2D eigenvalue weighted by Crippen LogP contribution is -2.28. The Hall–Kier alpha value is -2.83. The second-order valence-corrected chi connectivity index (χ2v) is 6.35. The van der Waals surface area contributed by atoms with E-state index in [1.807, 2.05) is 0 Å². The molecule has 0 amide bonds. The van der Waals surface area contributed by atoms with Gasteiger partial charge in [-0.25, -0.2) is 4.79 Å². The molecule has 0 unspecified atom stereocenters. The average molecular weight is 376 g/mol. The molecule has 1 saturated carbocycles. The molecule has 146 valence electrons. The fourth-order valence-corrected chi connectivity index (χ4v) is 2.86. The molecule has 0 bridgehead atoms. The first-order valence-electron chi connectivity index (χ1n) is 8.96.